The van der Waals surface area contributed by atoms with E-state index in [-0.39, 0.29) is 11.8 Å². The van der Waals surface area contributed by atoms with Crippen molar-refractivity contribution in [2.75, 3.05) is 44.8 Å². The lowest BCUT2D eigenvalue weighted by Crippen LogP contribution is -2.44. The molecule has 132 valence electrons. The van der Waals surface area contributed by atoms with E-state index in [4.69, 9.17) is 15.2 Å². The Morgan fingerprint density at radius 2 is 1.92 bits per heavy atom. The summed E-state index contributed by atoms with van der Waals surface area (Å²) in [7, 11) is 0. The molecule has 1 aromatic carbocycles. The van der Waals surface area contributed by atoms with Crippen LogP contribution in [0.4, 0.5) is 5.69 Å². The van der Waals surface area contributed by atoms with E-state index in [0.717, 1.165) is 51.4 Å². The van der Waals surface area contributed by atoms with Crippen molar-refractivity contribution in [1.82, 2.24) is 4.90 Å². The molecule has 2 aliphatic rings. The Labute approximate surface area is 143 Å². The van der Waals surface area contributed by atoms with Gasteiger partial charge in [-0.15, -0.1) is 0 Å². The first kappa shape index (κ1) is 17.4. The Hall–Kier alpha value is -1.47. The molecular formula is C18H27N3O3. The Kier molecular flexibility index (Phi) is 6.20. The molecule has 0 bridgehead atoms. The molecule has 3 rings (SSSR count). The molecule has 1 atom stereocenters. The highest BCUT2D eigenvalue weighted by molar-refractivity contribution is 5.94. The van der Waals surface area contributed by atoms with Crippen LogP contribution in [0.15, 0.2) is 24.3 Å². The summed E-state index contributed by atoms with van der Waals surface area (Å²) in [6.45, 7) is 5.74. The van der Waals surface area contributed by atoms with Gasteiger partial charge in [-0.25, -0.2) is 0 Å². The minimum Gasteiger partial charge on any atom is -0.381 e. The van der Waals surface area contributed by atoms with Crippen LogP contribution < -0.4 is 11.1 Å². The number of carbonyl (C=O) groups excluding carboxylic acids is 1. The molecule has 6 heteroatoms. The molecule has 2 aliphatic heterocycles. The van der Waals surface area contributed by atoms with Crippen LogP contribution >= 0.6 is 0 Å². The molecule has 1 aromatic rings. The van der Waals surface area contributed by atoms with E-state index in [1.807, 2.05) is 18.2 Å². The highest BCUT2D eigenvalue weighted by atomic mass is 16.5. The van der Waals surface area contributed by atoms with Crippen molar-refractivity contribution in [3.63, 3.8) is 0 Å². The molecule has 2 fully saturated rings. The Balaban J connectivity index is 1.56. The van der Waals surface area contributed by atoms with Gasteiger partial charge < -0.3 is 20.5 Å². The summed E-state index contributed by atoms with van der Waals surface area (Å²) in [6.07, 6.45) is 1.71. The molecule has 24 heavy (non-hydrogen) atoms. The largest absolute Gasteiger partial charge is 0.381 e. The Bertz CT molecular complexity index is 540. The third-order valence-corrected chi connectivity index (χ3v) is 4.78. The molecule has 0 aromatic heterocycles. The fourth-order valence-electron chi connectivity index (χ4n) is 3.28. The topological polar surface area (TPSA) is 76.8 Å². The second-order valence-electron chi connectivity index (χ2n) is 6.55. The number of carbonyl (C=O) groups is 1. The summed E-state index contributed by atoms with van der Waals surface area (Å²) in [5, 5.41) is 2.97. The first-order valence-electron chi connectivity index (χ1n) is 8.75. The molecule has 1 unspecified atom stereocenters. The SMILES string of the molecule is NC(C(=O)Nc1cccc(CN2CCOCC2)c1)C1CCOCC1. The highest BCUT2D eigenvalue weighted by Gasteiger charge is 2.26. The number of ether oxygens (including phenoxy) is 2. The van der Waals surface area contributed by atoms with E-state index in [0.29, 0.717) is 13.2 Å². The van der Waals surface area contributed by atoms with Crippen LogP contribution in [-0.2, 0) is 20.8 Å². The monoisotopic (exact) mass is 333 g/mol. The molecule has 0 saturated carbocycles. The molecule has 0 radical (unpaired) electrons. The van der Waals surface area contributed by atoms with Gasteiger partial charge in [0.05, 0.1) is 19.3 Å². The smallest absolute Gasteiger partial charge is 0.241 e. The lowest BCUT2D eigenvalue weighted by Gasteiger charge is -2.27. The zero-order valence-electron chi connectivity index (χ0n) is 14.1. The van der Waals surface area contributed by atoms with Crippen LogP contribution in [-0.4, -0.2) is 56.4 Å². The van der Waals surface area contributed by atoms with Crippen molar-refractivity contribution in [2.24, 2.45) is 11.7 Å². The third kappa shape index (κ3) is 4.77. The van der Waals surface area contributed by atoms with Crippen molar-refractivity contribution < 1.29 is 14.3 Å². The summed E-state index contributed by atoms with van der Waals surface area (Å²) in [5.41, 5.74) is 8.14. The number of nitrogens with two attached hydrogens (primary N) is 1. The van der Waals surface area contributed by atoms with Gasteiger partial charge in [-0.3, -0.25) is 9.69 Å². The molecule has 2 heterocycles. The van der Waals surface area contributed by atoms with E-state index in [1.54, 1.807) is 0 Å². The Morgan fingerprint density at radius 1 is 1.21 bits per heavy atom. The van der Waals surface area contributed by atoms with Crippen LogP contribution in [0.5, 0.6) is 0 Å². The van der Waals surface area contributed by atoms with Crippen LogP contribution in [0.3, 0.4) is 0 Å². The lowest BCUT2D eigenvalue weighted by atomic mass is 9.92. The van der Waals surface area contributed by atoms with Crippen LogP contribution in [0, 0.1) is 5.92 Å². The fourth-order valence-corrected chi connectivity index (χ4v) is 3.28. The van der Waals surface area contributed by atoms with Gasteiger partial charge >= 0.3 is 0 Å². The van der Waals surface area contributed by atoms with Crippen LogP contribution in [0.1, 0.15) is 18.4 Å². The fraction of sp³-hybridized carbons (Fsp3) is 0.611. The molecular weight excluding hydrogens is 306 g/mol. The average Bonchev–Trinajstić information content (AvgIpc) is 2.63. The predicted octanol–water partition coefficient (Wildman–Crippen LogP) is 1.21. The Morgan fingerprint density at radius 3 is 2.67 bits per heavy atom. The van der Waals surface area contributed by atoms with Crippen molar-refractivity contribution in [2.45, 2.75) is 25.4 Å². The average molecular weight is 333 g/mol. The van der Waals surface area contributed by atoms with Crippen molar-refractivity contribution in [1.29, 1.82) is 0 Å². The maximum Gasteiger partial charge on any atom is 0.241 e. The van der Waals surface area contributed by atoms with E-state index in [9.17, 15) is 4.79 Å². The normalized spacial score (nSPS) is 21.4. The van der Waals surface area contributed by atoms with Gasteiger partial charge in [-0.05, 0) is 36.5 Å². The summed E-state index contributed by atoms with van der Waals surface area (Å²) >= 11 is 0. The number of amides is 1. The molecule has 1 amide bonds. The highest BCUT2D eigenvalue weighted by Crippen LogP contribution is 2.19. The van der Waals surface area contributed by atoms with Crippen molar-refractivity contribution in [3.05, 3.63) is 29.8 Å². The van der Waals surface area contributed by atoms with Crippen molar-refractivity contribution >= 4 is 11.6 Å². The van der Waals surface area contributed by atoms with Crippen molar-refractivity contribution in [3.8, 4) is 0 Å². The van der Waals surface area contributed by atoms with Crippen LogP contribution in [0.2, 0.25) is 0 Å². The van der Waals surface area contributed by atoms with Gasteiger partial charge in [-0.2, -0.15) is 0 Å². The molecule has 0 spiro atoms. The van der Waals surface area contributed by atoms with E-state index in [1.165, 1.54) is 5.56 Å². The number of hydrogen-bond donors (Lipinski definition) is 2. The maximum atomic E-state index is 12.4. The van der Waals surface area contributed by atoms with Gasteiger partial charge in [0, 0.05) is 38.5 Å². The zero-order chi connectivity index (χ0) is 16.8. The second-order valence-corrected chi connectivity index (χ2v) is 6.55. The number of benzene rings is 1. The number of hydrogen-bond acceptors (Lipinski definition) is 5. The zero-order valence-corrected chi connectivity index (χ0v) is 14.1. The van der Waals surface area contributed by atoms with Crippen LogP contribution in [0.25, 0.3) is 0 Å². The second kappa shape index (κ2) is 8.58. The maximum absolute atomic E-state index is 12.4. The summed E-state index contributed by atoms with van der Waals surface area (Å²) in [5.74, 6) is 0.0979. The first-order chi connectivity index (χ1) is 11.7. The number of rotatable bonds is 5. The summed E-state index contributed by atoms with van der Waals surface area (Å²) in [4.78, 5) is 14.8. The van der Waals surface area contributed by atoms with E-state index < -0.39 is 6.04 Å². The molecule has 2 saturated heterocycles. The molecule has 0 aliphatic carbocycles. The number of nitrogens with one attached hydrogen (secondary N) is 1. The number of anilines is 1. The number of morpholine rings is 1. The molecule has 6 nitrogen and oxygen atoms in total. The van der Waals surface area contributed by atoms with E-state index in [2.05, 4.69) is 16.3 Å². The molecule has 3 N–H and O–H groups in total. The number of nitrogens with zero attached hydrogens (tertiary/aromatic N) is 1. The standard InChI is InChI=1S/C18H27N3O3/c19-17(15-4-8-23-9-5-15)18(22)20-16-3-1-2-14(12-16)13-21-6-10-24-11-7-21/h1-3,12,15,17H,4-11,13,19H2,(H,20,22). The minimum absolute atomic E-state index is 0.106. The predicted molar refractivity (Wildman–Crippen MR) is 92.7 cm³/mol. The minimum atomic E-state index is -0.475. The summed E-state index contributed by atoms with van der Waals surface area (Å²) in [6, 6.07) is 7.54. The quantitative estimate of drug-likeness (QED) is 0.847. The van der Waals surface area contributed by atoms with E-state index >= 15 is 0 Å². The summed E-state index contributed by atoms with van der Waals surface area (Å²) < 4.78 is 10.7. The third-order valence-electron chi connectivity index (χ3n) is 4.78. The van der Waals surface area contributed by atoms with Gasteiger partial charge in [0.25, 0.3) is 0 Å². The lowest BCUT2D eigenvalue weighted by molar-refractivity contribution is -0.119. The van der Waals surface area contributed by atoms with Gasteiger partial charge in [0.1, 0.15) is 0 Å². The van der Waals surface area contributed by atoms with Gasteiger partial charge in [0.15, 0.2) is 0 Å². The first-order valence-corrected chi connectivity index (χ1v) is 8.75. The van der Waals surface area contributed by atoms with Gasteiger partial charge in [0.2, 0.25) is 5.91 Å². The van der Waals surface area contributed by atoms with Gasteiger partial charge in [-0.1, -0.05) is 12.1 Å².